The molecule has 1 saturated heterocycles. The highest BCUT2D eigenvalue weighted by Gasteiger charge is 2.13. The van der Waals surface area contributed by atoms with Crippen LogP contribution >= 0.6 is 0 Å². The smallest absolute Gasteiger partial charge is 0.124 e. The molecule has 23 heavy (non-hydrogen) atoms. The molecule has 1 aliphatic heterocycles. The Bertz CT molecular complexity index is 739. The number of hydrogen-bond donors (Lipinski definition) is 1. The number of fused-ring (bicyclic) bond motifs is 1. The number of nitrogens with one attached hydrogen (secondary N) is 1. The number of hydrogen-bond acceptors (Lipinski definition) is 4. The average Bonchev–Trinajstić information content (AvgIpc) is 3.00. The summed E-state index contributed by atoms with van der Waals surface area (Å²) in [4.78, 5) is 6.76. The molecular weight excluding hydrogens is 288 g/mol. The number of allylic oxidation sites excluding steroid dienone is 2. The molecule has 120 valence electrons. The molecule has 0 atom stereocenters. The van der Waals surface area contributed by atoms with E-state index in [0.717, 1.165) is 49.8 Å². The highest BCUT2D eigenvalue weighted by atomic mass is 16.5. The molecule has 0 amide bonds. The van der Waals surface area contributed by atoms with Gasteiger partial charge in [0, 0.05) is 36.8 Å². The zero-order valence-corrected chi connectivity index (χ0v) is 13.5. The number of aromatic nitrogens is 2. The van der Waals surface area contributed by atoms with Crippen molar-refractivity contribution in [3.63, 3.8) is 0 Å². The Morgan fingerprint density at radius 1 is 1.43 bits per heavy atom. The maximum absolute atomic E-state index is 5.42. The van der Waals surface area contributed by atoms with Crippen molar-refractivity contribution in [2.75, 3.05) is 26.3 Å². The molecule has 5 nitrogen and oxygen atoms in total. The molecule has 1 N–H and O–H groups in total. The van der Waals surface area contributed by atoms with E-state index >= 15 is 0 Å². The van der Waals surface area contributed by atoms with Gasteiger partial charge in [0.2, 0.25) is 0 Å². The molecule has 1 aliphatic rings. The van der Waals surface area contributed by atoms with Crippen LogP contribution in [0.3, 0.4) is 0 Å². The lowest BCUT2D eigenvalue weighted by atomic mass is 10.1. The largest absolute Gasteiger partial charge is 0.378 e. The molecule has 0 aliphatic carbocycles. The summed E-state index contributed by atoms with van der Waals surface area (Å²) < 4.78 is 5.42. The Morgan fingerprint density at radius 3 is 3.04 bits per heavy atom. The van der Waals surface area contributed by atoms with E-state index in [2.05, 4.69) is 57.9 Å². The SMILES string of the molecule is C=CC=N/C(=C\Cc1[nH]nc2c(C)cccc12)N1CCOCC1. The number of para-hydroxylation sites is 1. The lowest BCUT2D eigenvalue weighted by molar-refractivity contribution is 0.0531. The van der Waals surface area contributed by atoms with Crippen LogP contribution in [0.1, 0.15) is 11.3 Å². The van der Waals surface area contributed by atoms with Gasteiger partial charge in [-0.05, 0) is 18.6 Å². The van der Waals surface area contributed by atoms with Gasteiger partial charge in [-0.2, -0.15) is 5.10 Å². The molecule has 0 saturated carbocycles. The first-order chi connectivity index (χ1) is 11.3. The predicted molar refractivity (Wildman–Crippen MR) is 93.7 cm³/mol. The lowest BCUT2D eigenvalue weighted by Gasteiger charge is -2.28. The predicted octanol–water partition coefficient (Wildman–Crippen LogP) is 2.84. The summed E-state index contributed by atoms with van der Waals surface area (Å²) in [5, 5.41) is 8.76. The van der Waals surface area contributed by atoms with E-state index in [4.69, 9.17) is 4.74 Å². The molecule has 3 rings (SSSR count). The third-order valence-electron chi connectivity index (χ3n) is 4.00. The van der Waals surface area contributed by atoms with Gasteiger partial charge in [-0.25, -0.2) is 4.99 Å². The number of ether oxygens (including phenoxy) is 1. The van der Waals surface area contributed by atoms with E-state index in [0.29, 0.717) is 0 Å². The molecular formula is C18H22N4O. The van der Waals surface area contributed by atoms with Crippen molar-refractivity contribution in [3.05, 3.63) is 54.0 Å². The van der Waals surface area contributed by atoms with Gasteiger partial charge in [0.1, 0.15) is 5.82 Å². The van der Waals surface area contributed by atoms with Crippen molar-refractivity contribution in [1.82, 2.24) is 15.1 Å². The van der Waals surface area contributed by atoms with Gasteiger partial charge in [0.25, 0.3) is 0 Å². The molecule has 0 bridgehead atoms. The quantitative estimate of drug-likeness (QED) is 0.864. The fourth-order valence-corrected chi connectivity index (χ4v) is 2.77. The van der Waals surface area contributed by atoms with Crippen LogP contribution in [0.2, 0.25) is 0 Å². The van der Waals surface area contributed by atoms with Crippen LogP contribution in [0.5, 0.6) is 0 Å². The maximum atomic E-state index is 5.42. The topological polar surface area (TPSA) is 53.5 Å². The van der Waals surface area contributed by atoms with E-state index in [1.165, 1.54) is 10.9 Å². The Morgan fingerprint density at radius 2 is 2.26 bits per heavy atom. The van der Waals surface area contributed by atoms with Gasteiger partial charge in [0.15, 0.2) is 0 Å². The van der Waals surface area contributed by atoms with Crippen molar-refractivity contribution in [3.8, 4) is 0 Å². The van der Waals surface area contributed by atoms with Gasteiger partial charge in [-0.3, -0.25) is 5.10 Å². The number of aliphatic imine (C=N–C) groups is 1. The second-order valence-electron chi connectivity index (χ2n) is 5.55. The van der Waals surface area contributed by atoms with Crippen LogP contribution in [-0.4, -0.2) is 47.6 Å². The Labute approximate surface area is 136 Å². The fourth-order valence-electron chi connectivity index (χ4n) is 2.77. The molecule has 1 aromatic carbocycles. The number of rotatable bonds is 5. The first-order valence-electron chi connectivity index (χ1n) is 7.90. The molecule has 0 unspecified atom stereocenters. The van der Waals surface area contributed by atoms with Crippen LogP contribution in [0.4, 0.5) is 0 Å². The van der Waals surface area contributed by atoms with E-state index in [9.17, 15) is 0 Å². The van der Waals surface area contributed by atoms with Gasteiger partial charge < -0.3 is 9.64 Å². The standard InChI is InChI=1S/C18H22N4O/c1-3-9-19-17(22-10-12-23-13-11-22)8-7-16-15-6-4-5-14(2)18(15)21-20-16/h3-6,8-9H,1,7,10-13H2,2H3,(H,20,21)/b17-8+,19-9?. The van der Waals surface area contributed by atoms with E-state index in [1.54, 1.807) is 12.3 Å². The second kappa shape index (κ2) is 7.24. The number of morpholine rings is 1. The van der Waals surface area contributed by atoms with Crippen molar-refractivity contribution < 1.29 is 4.74 Å². The van der Waals surface area contributed by atoms with Gasteiger partial charge in [-0.15, -0.1) is 0 Å². The Kier molecular flexibility index (Phi) is 4.88. The third-order valence-corrected chi connectivity index (χ3v) is 4.00. The molecule has 1 aromatic heterocycles. The summed E-state index contributed by atoms with van der Waals surface area (Å²) in [7, 11) is 0. The summed E-state index contributed by atoms with van der Waals surface area (Å²) in [6.07, 6.45) is 6.33. The summed E-state index contributed by atoms with van der Waals surface area (Å²) in [5.74, 6) is 0.962. The van der Waals surface area contributed by atoms with E-state index < -0.39 is 0 Å². The normalized spacial score (nSPS) is 16.4. The molecule has 2 heterocycles. The van der Waals surface area contributed by atoms with Crippen LogP contribution in [0.15, 0.2) is 47.7 Å². The van der Waals surface area contributed by atoms with Gasteiger partial charge in [0.05, 0.1) is 18.7 Å². The number of nitrogens with zero attached hydrogens (tertiary/aromatic N) is 3. The Hall–Kier alpha value is -2.40. The Balaban J connectivity index is 1.85. The average molecular weight is 310 g/mol. The van der Waals surface area contributed by atoms with Crippen LogP contribution in [0, 0.1) is 6.92 Å². The minimum absolute atomic E-state index is 0.743. The van der Waals surface area contributed by atoms with E-state index in [-0.39, 0.29) is 0 Å². The third kappa shape index (κ3) is 3.51. The maximum Gasteiger partial charge on any atom is 0.124 e. The van der Waals surface area contributed by atoms with Gasteiger partial charge >= 0.3 is 0 Å². The van der Waals surface area contributed by atoms with Crippen molar-refractivity contribution >= 4 is 17.1 Å². The summed E-state index contributed by atoms with van der Waals surface area (Å²) in [6.45, 7) is 9.00. The highest BCUT2D eigenvalue weighted by Crippen LogP contribution is 2.20. The van der Waals surface area contributed by atoms with Crippen molar-refractivity contribution in [2.45, 2.75) is 13.3 Å². The van der Waals surface area contributed by atoms with Crippen LogP contribution in [-0.2, 0) is 11.2 Å². The number of aryl methyl sites for hydroxylation is 1. The zero-order valence-electron chi connectivity index (χ0n) is 13.5. The lowest BCUT2D eigenvalue weighted by Crippen LogP contribution is -2.35. The first-order valence-corrected chi connectivity index (χ1v) is 7.90. The number of aromatic amines is 1. The molecule has 5 heteroatoms. The number of H-pyrrole nitrogens is 1. The summed E-state index contributed by atoms with van der Waals surface area (Å²) in [5.41, 5.74) is 3.34. The van der Waals surface area contributed by atoms with E-state index in [1.807, 2.05) is 0 Å². The van der Waals surface area contributed by atoms with Crippen LogP contribution < -0.4 is 0 Å². The molecule has 0 radical (unpaired) electrons. The molecule has 0 spiro atoms. The zero-order chi connectivity index (χ0) is 16.1. The van der Waals surface area contributed by atoms with Gasteiger partial charge in [-0.1, -0.05) is 30.9 Å². The van der Waals surface area contributed by atoms with Crippen LogP contribution in [0.25, 0.3) is 10.9 Å². The minimum atomic E-state index is 0.743. The summed E-state index contributed by atoms with van der Waals surface area (Å²) >= 11 is 0. The highest BCUT2D eigenvalue weighted by molar-refractivity contribution is 5.84. The van der Waals surface area contributed by atoms with Crippen molar-refractivity contribution in [1.29, 1.82) is 0 Å². The van der Waals surface area contributed by atoms with Crippen molar-refractivity contribution in [2.24, 2.45) is 4.99 Å². The fraction of sp³-hybridized carbons (Fsp3) is 0.333. The monoisotopic (exact) mass is 310 g/mol. The summed E-state index contributed by atoms with van der Waals surface area (Å²) in [6, 6.07) is 6.26. The first kappa shape index (κ1) is 15.5. The number of benzene rings is 1. The molecule has 1 fully saturated rings. The minimum Gasteiger partial charge on any atom is -0.378 e. The second-order valence-corrected chi connectivity index (χ2v) is 5.55. The molecule has 2 aromatic rings.